The first kappa shape index (κ1) is 9.72. The Labute approximate surface area is 85.8 Å². The molecule has 2 rings (SSSR count). The van der Waals surface area contributed by atoms with Crippen molar-refractivity contribution in [2.24, 2.45) is 11.8 Å². The quantitative estimate of drug-likeness (QED) is 0.760. The summed E-state index contributed by atoms with van der Waals surface area (Å²) in [5, 5.41) is 9.82. The van der Waals surface area contributed by atoms with Gasteiger partial charge in [-0.25, -0.2) is 0 Å². The summed E-state index contributed by atoms with van der Waals surface area (Å²) in [7, 11) is 0. The van der Waals surface area contributed by atoms with Crippen LogP contribution in [0.25, 0.3) is 0 Å². The molecular weight excluding hydrogens is 172 g/mol. The fourth-order valence-electron chi connectivity index (χ4n) is 2.46. The van der Waals surface area contributed by atoms with Crippen molar-refractivity contribution in [3.8, 4) is 0 Å². The van der Waals surface area contributed by atoms with Crippen molar-refractivity contribution in [1.82, 2.24) is 0 Å². The highest BCUT2D eigenvalue weighted by atomic mass is 16.3. The molecule has 1 aliphatic rings. The molecule has 0 saturated heterocycles. The largest absolute Gasteiger partial charge is 0.393 e. The van der Waals surface area contributed by atoms with Gasteiger partial charge >= 0.3 is 0 Å². The van der Waals surface area contributed by atoms with Crippen molar-refractivity contribution in [3.63, 3.8) is 0 Å². The van der Waals surface area contributed by atoms with Crippen LogP contribution >= 0.6 is 0 Å². The van der Waals surface area contributed by atoms with Gasteiger partial charge in [0.15, 0.2) is 0 Å². The first-order chi connectivity index (χ1) is 6.77. The van der Waals surface area contributed by atoms with Gasteiger partial charge in [-0.2, -0.15) is 0 Å². The predicted octanol–water partition coefficient (Wildman–Crippen LogP) is 2.64. The lowest BCUT2D eigenvalue weighted by atomic mass is 9.90. The number of rotatable bonds is 2. The van der Waals surface area contributed by atoms with Crippen LogP contribution in [0.4, 0.5) is 0 Å². The Hall–Kier alpha value is -0.820. The van der Waals surface area contributed by atoms with Gasteiger partial charge in [-0.05, 0) is 36.7 Å². The van der Waals surface area contributed by atoms with E-state index in [1.807, 2.05) is 6.07 Å². The zero-order valence-electron chi connectivity index (χ0n) is 8.69. The van der Waals surface area contributed by atoms with E-state index in [0.29, 0.717) is 11.8 Å². The van der Waals surface area contributed by atoms with Gasteiger partial charge in [0.1, 0.15) is 0 Å². The van der Waals surface area contributed by atoms with Gasteiger partial charge < -0.3 is 5.11 Å². The zero-order valence-corrected chi connectivity index (χ0v) is 8.69. The van der Waals surface area contributed by atoms with Crippen LogP contribution in [0.3, 0.4) is 0 Å². The summed E-state index contributed by atoms with van der Waals surface area (Å²) < 4.78 is 0. The maximum atomic E-state index is 9.82. The van der Waals surface area contributed by atoms with Crippen molar-refractivity contribution < 1.29 is 5.11 Å². The summed E-state index contributed by atoms with van der Waals surface area (Å²) in [6, 6.07) is 10.5. The summed E-state index contributed by atoms with van der Waals surface area (Å²) in [6.07, 6.45) is 3.12. The second kappa shape index (κ2) is 4.14. The minimum Gasteiger partial charge on any atom is -0.393 e. The van der Waals surface area contributed by atoms with Crippen LogP contribution in [0.1, 0.15) is 25.3 Å². The Morgan fingerprint density at radius 1 is 1.21 bits per heavy atom. The molecule has 3 atom stereocenters. The number of hydrogen-bond acceptors (Lipinski definition) is 1. The molecule has 1 heteroatoms. The fourth-order valence-corrected chi connectivity index (χ4v) is 2.46. The summed E-state index contributed by atoms with van der Waals surface area (Å²) in [6.45, 7) is 2.25. The van der Waals surface area contributed by atoms with E-state index < -0.39 is 0 Å². The highest BCUT2D eigenvalue weighted by Crippen LogP contribution is 2.33. The third-order valence-electron chi connectivity index (χ3n) is 3.46. The molecule has 0 spiro atoms. The minimum absolute atomic E-state index is 0.0785. The molecule has 0 aromatic heterocycles. The number of hydrogen-bond donors (Lipinski definition) is 1. The summed E-state index contributed by atoms with van der Waals surface area (Å²) >= 11 is 0. The maximum Gasteiger partial charge on any atom is 0.0574 e. The lowest BCUT2D eigenvalue weighted by Crippen LogP contribution is -2.20. The van der Waals surface area contributed by atoms with Crippen molar-refractivity contribution in [1.29, 1.82) is 0 Å². The molecule has 1 saturated carbocycles. The van der Waals surface area contributed by atoms with E-state index in [-0.39, 0.29) is 6.10 Å². The average molecular weight is 190 g/mol. The first-order valence-corrected chi connectivity index (χ1v) is 5.49. The standard InChI is InChI=1S/C13H18O/c1-10-7-8-13(14)12(10)9-11-5-3-2-4-6-11/h2-6,10,12-14H,7-9H2,1H3. The minimum atomic E-state index is -0.0785. The van der Waals surface area contributed by atoms with Gasteiger partial charge in [-0.3, -0.25) is 0 Å². The van der Waals surface area contributed by atoms with Crippen LogP contribution < -0.4 is 0 Å². The van der Waals surface area contributed by atoms with Crippen LogP contribution in [-0.2, 0) is 6.42 Å². The molecule has 0 radical (unpaired) electrons. The molecule has 1 aromatic carbocycles. The van der Waals surface area contributed by atoms with E-state index in [0.717, 1.165) is 12.8 Å². The molecule has 1 N–H and O–H groups in total. The van der Waals surface area contributed by atoms with Crippen molar-refractivity contribution in [2.75, 3.05) is 0 Å². The fraction of sp³-hybridized carbons (Fsp3) is 0.538. The number of aliphatic hydroxyl groups is 1. The van der Waals surface area contributed by atoms with Crippen LogP contribution in [-0.4, -0.2) is 11.2 Å². The number of aliphatic hydroxyl groups excluding tert-OH is 1. The summed E-state index contributed by atoms with van der Waals surface area (Å²) in [5.74, 6) is 1.14. The smallest absolute Gasteiger partial charge is 0.0574 e. The molecule has 1 fully saturated rings. The van der Waals surface area contributed by atoms with Crippen LogP contribution in [0.2, 0.25) is 0 Å². The van der Waals surface area contributed by atoms with E-state index in [1.54, 1.807) is 0 Å². The van der Waals surface area contributed by atoms with Crippen molar-refractivity contribution in [3.05, 3.63) is 35.9 Å². The Bertz CT molecular complexity index is 271. The van der Waals surface area contributed by atoms with Crippen molar-refractivity contribution >= 4 is 0 Å². The third kappa shape index (κ3) is 1.98. The van der Waals surface area contributed by atoms with Gasteiger partial charge in [0.25, 0.3) is 0 Å². The highest BCUT2D eigenvalue weighted by molar-refractivity contribution is 5.16. The second-order valence-corrected chi connectivity index (χ2v) is 4.48. The topological polar surface area (TPSA) is 20.2 Å². The van der Waals surface area contributed by atoms with E-state index >= 15 is 0 Å². The van der Waals surface area contributed by atoms with Crippen LogP contribution in [0.15, 0.2) is 30.3 Å². The van der Waals surface area contributed by atoms with Crippen LogP contribution in [0.5, 0.6) is 0 Å². The Morgan fingerprint density at radius 2 is 1.93 bits per heavy atom. The molecule has 0 bridgehead atoms. The van der Waals surface area contributed by atoms with Gasteiger partial charge in [-0.1, -0.05) is 37.3 Å². The Balaban J connectivity index is 2.04. The second-order valence-electron chi connectivity index (χ2n) is 4.48. The third-order valence-corrected chi connectivity index (χ3v) is 3.46. The molecule has 0 heterocycles. The Kier molecular flexibility index (Phi) is 2.87. The normalized spacial score (nSPS) is 32.0. The lowest BCUT2D eigenvalue weighted by Gasteiger charge is -2.18. The van der Waals surface area contributed by atoms with E-state index in [4.69, 9.17) is 0 Å². The lowest BCUT2D eigenvalue weighted by molar-refractivity contribution is 0.120. The zero-order chi connectivity index (χ0) is 9.97. The maximum absolute atomic E-state index is 9.82. The highest BCUT2D eigenvalue weighted by Gasteiger charge is 2.31. The average Bonchev–Trinajstić information content (AvgIpc) is 2.51. The molecule has 1 nitrogen and oxygen atoms in total. The number of benzene rings is 1. The predicted molar refractivity (Wildman–Crippen MR) is 58.0 cm³/mol. The van der Waals surface area contributed by atoms with E-state index in [1.165, 1.54) is 12.0 Å². The van der Waals surface area contributed by atoms with Gasteiger partial charge in [0.2, 0.25) is 0 Å². The molecule has 0 amide bonds. The summed E-state index contributed by atoms with van der Waals surface area (Å²) in [4.78, 5) is 0. The van der Waals surface area contributed by atoms with Gasteiger partial charge in [-0.15, -0.1) is 0 Å². The van der Waals surface area contributed by atoms with E-state index in [9.17, 15) is 5.11 Å². The molecule has 76 valence electrons. The molecule has 0 aliphatic heterocycles. The SMILES string of the molecule is CC1CCC(O)C1Cc1ccccc1. The molecular formula is C13H18O. The first-order valence-electron chi connectivity index (χ1n) is 5.49. The Morgan fingerprint density at radius 3 is 2.50 bits per heavy atom. The molecule has 1 aromatic rings. The molecule has 3 unspecified atom stereocenters. The van der Waals surface area contributed by atoms with Crippen molar-refractivity contribution in [2.45, 2.75) is 32.3 Å². The summed E-state index contributed by atoms with van der Waals surface area (Å²) in [5.41, 5.74) is 1.35. The molecule has 1 aliphatic carbocycles. The van der Waals surface area contributed by atoms with Gasteiger partial charge in [0, 0.05) is 0 Å². The van der Waals surface area contributed by atoms with E-state index in [2.05, 4.69) is 31.2 Å². The monoisotopic (exact) mass is 190 g/mol. The molecule has 14 heavy (non-hydrogen) atoms. The van der Waals surface area contributed by atoms with Crippen LogP contribution in [0, 0.1) is 11.8 Å². The van der Waals surface area contributed by atoms with Gasteiger partial charge in [0.05, 0.1) is 6.10 Å².